The molecule has 0 bridgehead atoms. The Labute approximate surface area is 244 Å². The predicted molar refractivity (Wildman–Crippen MR) is 161 cm³/mol. The van der Waals surface area contributed by atoms with Gasteiger partial charge >= 0.3 is 0 Å². The Balaban J connectivity index is 1.23. The minimum atomic E-state index is 0.395. The summed E-state index contributed by atoms with van der Waals surface area (Å²) in [4.78, 5) is 28.3. The lowest BCUT2D eigenvalue weighted by atomic mass is 9.94. The van der Waals surface area contributed by atoms with Gasteiger partial charge in [-0.2, -0.15) is 0 Å². The molecule has 40 heavy (non-hydrogen) atoms. The number of hydrogen-bond acceptors (Lipinski definition) is 11. The molecule has 0 radical (unpaired) electrons. The van der Waals surface area contributed by atoms with Crippen LogP contribution in [0, 0.1) is 0 Å². The fraction of sp³-hybridized carbons (Fsp3) is 0.241. The normalized spacial score (nSPS) is 14.3. The Kier molecular flexibility index (Phi) is 8.24. The van der Waals surface area contributed by atoms with E-state index in [1.165, 1.54) is 11.8 Å². The number of carbonyl (C=O) groups excluding carboxylic acids is 1. The van der Waals surface area contributed by atoms with Crippen molar-refractivity contribution in [1.29, 1.82) is 0 Å². The maximum absolute atomic E-state index is 10.8. The average Bonchev–Trinajstić information content (AvgIpc) is 3.65. The van der Waals surface area contributed by atoms with Crippen molar-refractivity contribution in [3.05, 3.63) is 71.2 Å². The molecule has 0 spiro atoms. The number of nitrogens with zero attached hydrogens (tertiary/aromatic N) is 4. The van der Waals surface area contributed by atoms with Gasteiger partial charge in [0.05, 0.1) is 29.6 Å². The van der Waals surface area contributed by atoms with Crippen molar-refractivity contribution in [1.82, 2.24) is 19.9 Å². The summed E-state index contributed by atoms with van der Waals surface area (Å²) in [6.45, 7) is 2.34. The highest BCUT2D eigenvalue weighted by molar-refractivity contribution is 7.99. The maximum atomic E-state index is 10.8. The molecule has 5 heterocycles. The highest BCUT2D eigenvalue weighted by Crippen LogP contribution is 2.39. The van der Waals surface area contributed by atoms with Gasteiger partial charge in [0.25, 0.3) is 0 Å². The van der Waals surface area contributed by atoms with Crippen molar-refractivity contribution in [3.8, 4) is 17.2 Å². The molecule has 1 saturated heterocycles. The van der Waals surface area contributed by atoms with Gasteiger partial charge in [0.1, 0.15) is 22.8 Å². The van der Waals surface area contributed by atoms with Crippen LogP contribution in [0.3, 0.4) is 0 Å². The summed E-state index contributed by atoms with van der Waals surface area (Å²) in [6, 6.07) is 15.6. The second kappa shape index (κ2) is 12.3. The van der Waals surface area contributed by atoms with Gasteiger partial charge in [-0.15, -0.1) is 22.7 Å². The molecule has 8 nitrogen and oxygen atoms in total. The summed E-state index contributed by atoms with van der Waals surface area (Å²) in [5, 5.41) is 9.10. The molecule has 1 aliphatic heterocycles. The highest BCUT2D eigenvalue weighted by atomic mass is 32.2. The van der Waals surface area contributed by atoms with Crippen LogP contribution in [-0.4, -0.2) is 52.9 Å². The summed E-state index contributed by atoms with van der Waals surface area (Å²) in [6.07, 6.45) is 4.79. The largest absolute Gasteiger partial charge is 0.495 e. The van der Waals surface area contributed by atoms with E-state index in [1.807, 2.05) is 60.1 Å². The standard InChI is InChI=1S/C29H27N5O3S3/c1-36-24-16-26(31-22-9-14-38-27(22)24)40-21-15-25(37-20-5-3-2-4-6-20)28(30-17-21)33-29-32-23(18-39-29)19-7-10-34(11-8-19)12-13-35/h2-6,9,13-19H,7-8,10-12H2,1H3,(H,30,32,33). The van der Waals surface area contributed by atoms with Crippen LogP contribution in [0.15, 0.2) is 75.4 Å². The topological polar surface area (TPSA) is 89.5 Å². The molecule has 1 aliphatic rings. The van der Waals surface area contributed by atoms with Gasteiger partial charge in [-0.05, 0) is 49.5 Å². The zero-order valence-corrected chi connectivity index (χ0v) is 24.2. The van der Waals surface area contributed by atoms with Crippen LogP contribution < -0.4 is 14.8 Å². The third-order valence-electron chi connectivity index (χ3n) is 6.68. The van der Waals surface area contributed by atoms with Crippen LogP contribution in [0.25, 0.3) is 10.2 Å². The number of para-hydroxylation sites is 1. The molecule has 1 aromatic carbocycles. The number of nitrogens with one attached hydrogen (secondary N) is 1. The lowest BCUT2D eigenvalue weighted by molar-refractivity contribution is -0.109. The third-order valence-corrected chi connectivity index (χ3v) is 9.25. The number of anilines is 2. The van der Waals surface area contributed by atoms with Crippen molar-refractivity contribution in [2.75, 3.05) is 32.1 Å². The van der Waals surface area contributed by atoms with Gasteiger partial charge in [0.15, 0.2) is 16.7 Å². The molecule has 0 amide bonds. The van der Waals surface area contributed by atoms with E-state index in [2.05, 4.69) is 15.6 Å². The van der Waals surface area contributed by atoms with Gasteiger partial charge in [-0.1, -0.05) is 30.0 Å². The van der Waals surface area contributed by atoms with E-state index < -0.39 is 0 Å². The second-order valence-corrected chi connectivity index (χ2v) is 12.1. The van der Waals surface area contributed by atoms with Crippen molar-refractivity contribution in [3.63, 3.8) is 0 Å². The Hall–Kier alpha value is -3.51. The predicted octanol–water partition coefficient (Wildman–Crippen LogP) is 7.22. The molecule has 0 atom stereocenters. The fourth-order valence-electron chi connectivity index (χ4n) is 4.65. The van der Waals surface area contributed by atoms with Gasteiger partial charge < -0.3 is 19.6 Å². The van der Waals surface area contributed by atoms with Crippen LogP contribution in [0.1, 0.15) is 24.5 Å². The average molecular weight is 590 g/mol. The summed E-state index contributed by atoms with van der Waals surface area (Å²) in [5.74, 6) is 3.11. The number of likely N-dealkylation sites (tertiary alicyclic amines) is 1. The van der Waals surface area contributed by atoms with E-state index in [-0.39, 0.29) is 0 Å². The molecule has 5 aromatic rings. The Bertz CT molecular complexity index is 1600. The number of benzene rings is 1. The van der Waals surface area contributed by atoms with Crippen molar-refractivity contribution in [2.24, 2.45) is 0 Å². The molecule has 6 rings (SSSR count). The van der Waals surface area contributed by atoms with Crippen LogP contribution in [0.2, 0.25) is 0 Å². The number of hydrogen-bond donors (Lipinski definition) is 1. The minimum Gasteiger partial charge on any atom is -0.495 e. The lowest BCUT2D eigenvalue weighted by Gasteiger charge is -2.29. The van der Waals surface area contributed by atoms with Gasteiger partial charge in [-0.25, -0.2) is 15.0 Å². The Morgan fingerprint density at radius 2 is 1.95 bits per heavy atom. The fourth-order valence-corrected chi connectivity index (χ4v) is 7.09. The van der Waals surface area contributed by atoms with E-state index in [4.69, 9.17) is 24.4 Å². The van der Waals surface area contributed by atoms with Crippen LogP contribution in [0.4, 0.5) is 10.9 Å². The van der Waals surface area contributed by atoms with E-state index in [9.17, 15) is 4.79 Å². The summed E-state index contributed by atoms with van der Waals surface area (Å²) < 4.78 is 12.9. The first-order valence-electron chi connectivity index (χ1n) is 12.9. The van der Waals surface area contributed by atoms with E-state index >= 15 is 0 Å². The number of rotatable bonds is 10. The number of fused-ring (bicyclic) bond motifs is 1. The first-order chi connectivity index (χ1) is 19.7. The SMILES string of the molecule is COc1cc(Sc2cnc(Nc3nc(C4CCN(CC=O)CC4)cs3)c(Oc3ccccc3)c2)nc2ccsc12. The first-order valence-corrected chi connectivity index (χ1v) is 15.5. The second-order valence-electron chi connectivity index (χ2n) is 9.28. The van der Waals surface area contributed by atoms with E-state index in [1.54, 1.807) is 29.8 Å². The van der Waals surface area contributed by atoms with Gasteiger partial charge in [0.2, 0.25) is 0 Å². The Morgan fingerprint density at radius 3 is 2.75 bits per heavy atom. The zero-order valence-electron chi connectivity index (χ0n) is 21.8. The van der Waals surface area contributed by atoms with Gasteiger partial charge in [0, 0.05) is 34.5 Å². The number of methoxy groups -OCH3 is 1. The monoisotopic (exact) mass is 589 g/mol. The van der Waals surface area contributed by atoms with E-state index in [0.717, 1.165) is 74.7 Å². The van der Waals surface area contributed by atoms with E-state index in [0.29, 0.717) is 24.0 Å². The molecular weight excluding hydrogens is 563 g/mol. The number of ether oxygens (including phenoxy) is 2. The summed E-state index contributed by atoms with van der Waals surface area (Å²) in [5.41, 5.74) is 1.99. The molecule has 0 aliphatic carbocycles. The van der Waals surface area contributed by atoms with Gasteiger partial charge in [-0.3, -0.25) is 4.90 Å². The van der Waals surface area contributed by atoms with Crippen LogP contribution in [-0.2, 0) is 4.79 Å². The molecule has 204 valence electrons. The molecule has 0 unspecified atom stereocenters. The zero-order chi connectivity index (χ0) is 27.3. The molecule has 4 aromatic heterocycles. The lowest BCUT2D eigenvalue weighted by Crippen LogP contribution is -2.34. The number of piperidine rings is 1. The maximum Gasteiger partial charge on any atom is 0.188 e. The Morgan fingerprint density at radius 1 is 1.10 bits per heavy atom. The number of carbonyl (C=O) groups is 1. The summed E-state index contributed by atoms with van der Waals surface area (Å²) in [7, 11) is 1.68. The van der Waals surface area contributed by atoms with Crippen LogP contribution >= 0.6 is 34.4 Å². The number of aromatic nitrogens is 3. The first kappa shape index (κ1) is 26.7. The summed E-state index contributed by atoms with van der Waals surface area (Å²) >= 11 is 4.68. The molecule has 1 fully saturated rings. The number of pyridine rings is 2. The smallest absolute Gasteiger partial charge is 0.188 e. The molecule has 0 saturated carbocycles. The minimum absolute atomic E-state index is 0.395. The molecular formula is C29H27N5O3S3. The molecule has 1 N–H and O–H groups in total. The van der Waals surface area contributed by atoms with Crippen molar-refractivity contribution in [2.45, 2.75) is 28.7 Å². The van der Waals surface area contributed by atoms with Crippen molar-refractivity contribution < 1.29 is 14.3 Å². The number of thiazole rings is 1. The third kappa shape index (κ3) is 6.12. The number of thiophene rings is 1. The quantitative estimate of drug-likeness (QED) is 0.170. The molecule has 11 heteroatoms. The van der Waals surface area contributed by atoms with Crippen LogP contribution in [0.5, 0.6) is 17.2 Å². The van der Waals surface area contributed by atoms with Crippen molar-refractivity contribution >= 4 is 61.9 Å². The number of aldehydes is 1. The highest BCUT2D eigenvalue weighted by Gasteiger charge is 2.23.